The van der Waals surface area contributed by atoms with Crippen LogP contribution in [0.15, 0.2) is 36.5 Å². The van der Waals surface area contributed by atoms with Crippen molar-refractivity contribution in [3.05, 3.63) is 47.8 Å². The number of hydrogen-bond donors (Lipinski definition) is 2. The number of carboxylic acids is 1. The molecule has 0 radical (unpaired) electrons. The number of aliphatic carboxylic acids is 1. The Morgan fingerprint density at radius 2 is 1.92 bits per heavy atom. The molecule has 0 saturated carbocycles. The van der Waals surface area contributed by atoms with Crippen molar-refractivity contribution < 1.29 is 29.3 Å². The normalized spacial score (nSPS) is 20.9. The monoisotopic (exact) mass is 513 g/mol. The molecule has 1 amide bonds. The molecule has 2 aliphatic rings. The number of nitrogens with zero attached hydrogens (tertiary/aromatic N) is 3. The molecule has 1 saturated heterocycles. The van der Waals surface area contributed by atoms with Crippen LogP contribution >= 0.6 is 0 Å². The number of benzene rings is 1. The van der Waals surface area contributed by atoms with E-state index in [1.54, 1.807) is 0 Å². The van der Waals surface area contributed by atoms with Crippen molar-refractivity contribution in [3.63, 3.8) is 0 Å². The zero-order valence-electron chi connectivity index (χ0n) is 21.8. The van der Waals surface area contributed by atoms with E-state index in [4.69, 9.17) is 9.47 Å². The Bertz CT molecular complexity index is 1060. The highest BCUT2D eigenvalue weighted by Crippen LogP contribution is 2.43. The minimum Gasteiger partial charge on any atom is -0.481 e. The molecule has 4 rings (SSSR count). The summed E-state index contributed by atoms with van der Waals surface area (Å²) >= 11 is 0. The summed E-state index contributed by atoms with van der Waals surface area (Å²) in [5.74, 6) is -0.504. The first-order valence-electron chi connectivity index (χ1n) is 13.3. The van der Waals surface area contributed by atoms with Gasteiger partial charge in [-0.3, -0.25) is 14.5 Å². The Morgan fingerprint density at radius 1 is 1.14 bits per heavy atom. The number of ether oxygens (including phenoxy) is 2. The lowest BCUT2D eigenvalue weighted by Gasteiger charge is -2.29. The number of fused-ring (bicyclic) bond motifs is 1. The first kappa shape index (κ1) is 27.0. The highest BCUT2D eigenvalue weighted by molar-refractivity contribution is 5.79. The number of aliphatic hydroxyl groups is 1. The Balaban J connectivity index is 1.59. The predicted octanol–water partition coefficient (Wildman–Crippen LogP) is 2.87. The van der Waals surface area contributed by atoms with E-state index in [2.05, 4.69) is 22.5 Å². The summed E-state index contributed by atoms with van der Waals surface area (Å²) in [6, 6.07) is 9.39. The highest BCUT2D eigenvalue weighted by atomic mass is 16.7. The van der Waals surface area contributed by atoms with Crippen LogP contribution in [0.1, 0.15) is 49.8 Å². The number of amides is 1. The fourth-order valence-electron chi connectivity index (χ4n) is 5.63. The van der Waals surface area contributed by atoms with Crippen molar-refractivity contribution in [1.29, 1.82) is 0 Å². The molecule has 9 nitrogen and oxygen atoms in total. The van der Waals surface area contributed by atoms with Gasteiger partial charge in [-0.2, -0.15) is 0 Å². The molecule has 3 heterocycles. The second kappa shape index (κ2) is 12.5. The van der Waals surface area contributed by atoms with Crippen molar-refractivity contribution >= 4 is 11.9 Å². The first-order valence-corrected chi connectivity index (χ1v) is 13.3. The Morgan fingerprint density at radius 3 is 2.62 bits per heavy atom. The van der Waals surface area contributed by atoms with Crippen molar-refractivity contribution in [2.75, 3.05) is 39.6 Å². The number of rotatable bonds is 13. The maximum Gasteiger partial charge on any atom is 0.308 e. The maximum absolute atomic E-state index is 13.4. The van der Waals surface area contributed by atoms with E-state index in [0.717, 1.165) is 30.5 Å². The van der Waals surface area contributed by atoms with Gasteiger partial charge in [0.2, 0.25) is 12.7 Å². The second-order valence-corrected chi connectivity index (χ2v) is 10.0. The van der Waals surface area contributed by atoms with E-state index in [1.807, 2.05) is 42.4 Å². The summed E-state index contributed by atoms with van der Waals surface area (Å²) in [7, 11) is 1.99. The molecule has 202 valence electrons. The van der Waals surface area contributed by atoms with Crippen LogP contribution in [-0.2, 0) is 23.1 Å². The van der Waals surface area contributed by atoms with Gasteiger partial charge >= 0.3 is 5.97 Å². The molecule has 2 N–H and O–H groups in total. The summed E-state index contributed by atoms with van der Waals surface area (Å²) in [6.07, 6.45) is 5.74. The van der Waals surface area contributed by atoms with Crippen LogP contribution < -0.4 is 9.47 Å². The third kappa shape index (κ3) is 6.27. The number of aryl methyl sites for hydroxylation is 2. The number of carbonyl (C=O) groups is 2. The smallest absolute Gasteiger partial charge is 0.308 e. The van der Waals surface area contributed by atoms with Gasteiger partial charge in [-0.25, -0.2) is 0 Å². The third-order valence-corrected chi connectivity index (χ3v) is 7.66. The van der Waals surface area contributed by atoms with Crippen LogP contribution in [0.2, 0.25) is 0 Å². The van der Waals surface area contributed by atoms with Crippen LogP contribution in [0.5, 0.6) is 11.5 Å². The average molecular weight is 514 g/mol. The zero-order valence-corrected chi connectivity index (χ0v) is 21.8. The van der Waals surface area contributed by atoms with Gasteiger partial charge in [0.25, 0.3) is 0 Å². The zero-order chi connectivity index (χ0) is 26.4. The van der Waals surface area contributed by atoms with Gasteiger partial charge in [-0.1, -0.05) is 19.4 Å². The average Bonchev–Trinajstić information content (AvgIpc) is 3.60. The van der Waals surface area contributed by atoms with Gasteiger partial charge in [0.1, 0.15) is 0 Å². The topological polar surface area (TPSA) is 104 Å². The van der Waals surface area contributed by atoms with Crippen LogP contribution in [0.4, 0.5) is 0 Å². The quantitative estimate of drug-likeness (QED) is 0.424. The molecule has 1 aromatic carbocycles. The fraction of sp³-hybridized carbons (Fsp3) is 0.571. The number of carbonyl (C=O) groups excluding carboxylic acids is 1. The van der Waals surface area contributed by atoms with Gasteiger partial charge in [0, 0.05) is 57.1 Å². The number of aromatic nitrogens is 1. The van der Waals surface area contributed by atoms with Gasteiger partial charge < -0.3 is 29.2 Å². The molecule has 0 aliphatic carbocycles. The Hall–Kier alpha value is -3.04. The predicted molar refractivity (Wildman–Crippen MR) is 139 cm³/mol. The van der Waals surface area contributed by atoms with E-state index in [-0.39, 0.29) is 37.8 Å². The molecule has 0 spiro atoms. The number of aliphatic hydroxyl groups excluding tert-OH is 1. The standard InChI is InChI=1S/C28H39N3O6/c1-3-4-13-30(14-6-15-32)26(33)18-31-17-22(20-8-11-24-25(16-20)37-19-36-24)27(28(34)35)23(31)10-9-21-7-5-12-29(21)2/h5,7-8,11-12,16,22-23,27,32H,3-4,6,9-10,13-15,17-19H2,1-2H3,(H,34,35)/t22-,23+,27-/m1/s1. The molecule has 9 heteroatoms. The van der Waals surface area contributed by atoms with E-state index in [0.29, 0.717) is 44.0 Å². The van der Waals surface area contributed by atoms with Crippen molar-refractivity contribution in [2.24, 2.45) is 13.0 Å². The molecule has 1 fully saturated rings. The number of likely N-dealkylation sites (tertiary alicyclic amines) is 1. The van der Waals surface area contributed by atoms with Crippen molar-refractivity contribution in [2.45, 2.75) is 51.0 Å². The lowest BCUT2D eigenvalue weighted by atomic mass is 9.83. The second-order valence-electron chi connectivity index (χ2n) is 10.0. The van der Waals surface area contributed by atoms with Crippen LogP contribution in [0.25, 0.3) is 0 Å². The SMILES string of the molecule is CCCCN(CCCO)C(=O)CN1C[C@H](c2ccc3c(c2)OCO3)[C@@H](C(=O)O)[C@@H]1CCc1cccn1C. The van der Waals surface area contributed by atoms with Gasteiger partial charge in [-0.15, -0.1) is 0 Å². The van der Waals surface area contributed by atoms with Crippen molar-refractivity contribution in [1.82, 2.24) is 14.4 Å². The van der Waals surface area contributed by atoms with Crippen LogP contribution in [-0.4, -0.2) is 82.1 Å². The minimum atomic E-state index is -0.849. The van der Waals surface area contributed by atoms with E-state index in [9.17, 15) is 19.8 Å². The van der Waals surface area contributed by atoms with E-state index < -0.39 is 11.9 Å². The van der Waals surface area contributed by atoms with Gasteiger partial charge in [-0.05, 0) is 55.5 Å². The van der Waals surface area contributed by atoms with E-state index >= 15 is 0 Å². The Kier molecular flexibility index (Phi) is 9.10. The lowest BCUT2D eigenvalue weighted by molar-refractivity contribution is -0.143. The minimum absolute atomic E-state index is 0.0127. The van der Waals surface area contributed by atoms with Crippen LogP contribution in [0, 0.1) is 5.92 Å². The molecule has 2 aromatic rings. The molecular formula is C28H39N3O6. The molecule has 3 atom stereocenters. The molecule has 2 aliphatic heterocycles. The summed E-state index contributed by atoms with van der Waals surface area (Å²) in [6.45, 7) is 4.07. The van der Waals surface area contributed by atoms with E-state index in [1.165, 1.54) is 0 Å². The summed E-state index contributed by atoms with van der Waals surface area (Å²) < 4.78 is 13.1. The van der Waals surface area contributed by atoms with Gasteiger partial charge in [0.15, 0.2) is 11.5 Å². The summed E-state index contributed by atoms with van der Waals surface area (Å²) in [4.78, 5) is 30.0. The molecule has 0 bridgehead atoms. The highest BCUT2D eigenvalue weighted by Gasteiger charge is 2.47. The number of unbranched alkanes of at least 4 members (excludes halogenated alkanes) is 1. The number of carboxylic acid groups (broad SMARTS) is 1. The molecule has 37 heavy (non-hydrogen) atoms. The largest absolute Gasteiger partial charge is 0.481 e. The summed E-state index contributed by atoms with van der Waals surface area (Å²) in [5.41, 5.74) is 2.02. The number of hydrogen-bond acceptors (Lipinski definition) is 6. The van der Waals surface area contributed by atoms with Crippen molar-refractivity contribution in [3.8, 4) is 11.5 Å². The molecular weight excluding hydrogens is 474 g/mol. The molecule has 0 unspecified atom stereocenters. The Labute approximate surface area is 218 Å². The summed E-state index contributed by atoms with van der Waals surface area (Å²) in [5, 5.41) is 19.7. The lowest BCUT2D eigenvalue weighted by Crippen LogP contribution is -2.45. The molecule has 1 aromatic heterocycles. The third-order valence-electron chi connectivity index (χ3n) is 7.66. The maximum atomic E-state index is 13.4. The fourth-order valence-corrected chi connectivity index (χ4v) is 5.63. The van der Waals surface area contributed by atoms with Gasteiger partial charge in [0.05, 0.1) is 12.5 Å². The van der Waals surface area contributed by atoms with Crippen LogP contribution in [0.3, 0.4) is 0 Å². The first-order chi connectivity index (χ1) is 17.9.